The molecule has 0 aromatic carbocycles. The number of hydrogen-bond donors (Lipinski definition) is 0. The Kier molecular flexibility index (Phi) is 3.20. The molecule has 0 N–H and O–H groups in total. The van der Waals surface area contributed by atoms with Crippen LogP contribution in [0.2, 0.25) is 0 Å². The Bertz CT molecular complexity index is 315. The maximum Gasteiger partial charge on any atom is 0.163 e. The van der Waals surface area contributed by atoms with Gasteiger partial charge in [-0.1, -0.05) is 5.92 Å². The van der Waals surface area contributed by atoms with Gasteiger partial charge in [0.15, 0.2) is 11.9 Å². The lowest BCUT2D eigenvalue weighted by Gasteiger charge is -2.44. The van der Waals surface area contributed by atoms with E-state index in [1.807, 2.05) is 19.9 Å². The van der Waals surface area contributed by atoms with Crippen molar-refractivity contribution in [2.45, 2.75) is 37.9 Å². The van der Waals surface area contributed by atoms with Gasteiger partial charge in [-0.2, -0.15) is 0 Å². The second kappa shape index (κ2) is 4.46. The van der Waals surface area contributed by atoms with Crippen LogP contribution in [0.1, 0.15) is 13.8 Å². The number of terminal acetylenes is 1. The van der Waals surface area contributed by atoms with Crippen LogP contribution in [0.15, 0.2) is 12.3 Å². The minimum Gasteiger partial charge on any atom is -0.493 e. The highest BCUT2D eigenvalue weighted by atomic mass is 16.7. The van der Waals surface area contributed by atoms with E-state index in [1.54, 1.807) is 6.26 Å². The number of hydrogen-bond acceptors (Lipinski definition) is 4. The van der Waals surface area contributed by atoms with Gasteiger partial charge >= 0.3 is 0 Å². The van der Waals surface area contributed by atoms with Gasteiger partial charge in [0.1, 0.15) is 18.8 Å². The molecular weight excluding hydrogens is 208 g/mol. The van der Waals surface area contributed by atoms with E-state index >= 15 is 0 Å². The number of rotatable bonds is 2. The van der Waals surface area contributed by atoms with Crippen LogP contribution in [-0.2, 0) is 18.9 Å². The zero-order chi connectivity index (χ0) is 11.6. The average Bonchev–Trinajstić information content (AvgIpc) is 2.25. The standard InChI is InChI=1S/C12H16O4/c1-4-6-13-9-5-7-14-10-8-15-12(2,3)16-11(9)10/h1,5,7,9-11H,6,8H2,2-3H3/t9-,10-,11+/m1/s1. The molecule has 1 saturated heterocycles. The normalized spacial score (nSPS) is 35.9. The first-order valence-corrected chi connectivity index (χ1v) is 5.31. The highest BCUT2D eigenvalue weighted by Crippen LogP contribution is 2.29. The lowest BCUT2D eigenvalue weighted by molar-refractivity contribution is -0.320. The van der Waals surface area contributed by atoms with Crippen LogP contribution in [0, 0.1) is 12.3 Å². The van der Waals surface area contributed by atoms with Gasteiger partial charge < -0.3 is 18.9 Å². The molecule has 0 amide bonds. The van der Waals surface area contributed by atoms with Crippen LogP contribution >= 0.6 is 0 Å². The van der Waals surface area contributed by atoms with Crippen molar-refractivity contribution in [2.24, 2.45) is 0 Å². The molecule has 0 aromatic rings. The molecule has 4 heteroatoms. The van der Waals surface area contributed by atoms with Gasteiger partial charge in [-0.05, 0) is 19.9 Å². The van der Waals surface area contributed by atoms with E-state index < -0.39 is 5.79 Å². The molecule has 0 spiro atoms. The molecule has 4 nitrogen and oxygen atoms in total. The van der Waals surface area contributed by atoms with E-state index in [9.17, 15) is 0 Å². The van der Waals surface area contributed by atoms with E-state index in [2.05, 4.69) is 5.92 Å². The second-order valence-corrected chi connectivity index (χ2v) is 4.28. The summed E-state index contributed by atoms with van der Waals surface area (Å²) < 4.78 is 22.2. The van der Waals surface area contributed by atoms with Crippen LogP contribution < -0.4 is 0 Å². The fraction of sp³-hybridized carbons (Fsp3) is 0.667. The van der Waals surface area contributed by atoms with Crippen LogP contribution in [-0.4, -0.2) is 37.3 Å². The predicted molar refractivity (Wildman–Crippen MR) is 57.5 cm³/mol. The summed E-state index contributed by atoms with van der Waals surface area (Å²) in [5.41, 5.74) is 0. The fourth-order valence-electron chi connectivity index (χ4n) is 1.84. The van der Waals surface area contributed by atoms with Crippen LogP contribution in [0.25, 0.3) is 0 Å². The molecule has 2 rings (SSSR count). The Morgan fingerprint density at radius 1 is 1.56 bits per heavy atom. The zero-order valence-corrected chi connectivity index (χ0v) is 9.51. The summed E-state index contributed by atoms with van der Waals surface area (Å²) in [5.74, 6) is 1.84. The maximum absolute atomic E-state index is 5.80. The van der Waals surface area contributed by atoms with E-state index in [0.717, 1.165) is 0 Å². The van der Waals surface area contributed by atoms with Crippen molar-refractivity contribution in [3.63, 3.8) is 0 Å². The minimum absolute atomic E-state index is 0.124. The first-order chi connectivity index (χ1) is 7.62. The van der Waals surface area contributed by atoms with E-state index in [0.29, 0.717) is 6.61 Å². The molecule has 3 atom stereocenters. The molecular formula is C12H16O4. The van der Waals surface area contributed by atoms with Crippen molar-refractivity contribution in [1.82, 2.24) is 0 Å². The third kappa shape index (κ3) is 2.38. The van der Waals surface area contributed by atoms with Gasteiger partial charge in [0.25, 0.3) is 0 Å². The summed E-state index contributed by atoms with van der Waals surface area (Å²) >= 11 is 0. The summed E-state index contributed by atoms with van der Waals surface area (Å²) in [7, 11) is 0. The molecule has 0 unspecified atom stereocenters. The molecule has 0 bridgehead atoms. The topological polar surface area (TPSA) is 36.9 Å². The molecule has 2 aliphatic heterocycles. The molecule has 0 aromatic heterocycles. The lowest BCUT2D eigenvalue weighted by atomic mass is 10.0. The Labute approximate surface area is 95.5 Å². The molecule has 0 radical (unpaired) electrons. The molecule has 0 aliphatic carbocycles. The average molecular weight is 224 g/mol. The fourth-order valence-corrected chi connectivity index (χ4v) is 1.84. The van der Waals surface area contributed by atoms with E-state index in [-0.39, 0.29) is 24.9 Å². The molecule has 16 heavy (non-hydrogen) atoms. The summed E-state index contributed by atoms with van der Waals surface area (Å²) in [4.78, 5) is 0. The highest BCUT2D eigenvalue weighted by Gasteiger charge is 2.43. The van der Waals surface area contributed by atoms with Gasteiger partial charge in [0.05, 0.1) is 12.9 Å². The van der Waals surface area contributed by atoms with Crippen molar-refractivity contribution in [1.29, 1.82) is 0 Å². The van der Waals surface area contributed by atoms with Crippen LogP contribution in [0.5, 0.6) is 0 Å². The van der Waals surface area contributed by atoms with E-state index in [4.69, 9.17) is 25.4 Å². The largest absolute Gasteiger partial charge is 0.493 e. The van der Waals surface area contributed by atoms with Crippen molar-refractivity contribution in [3.05, 3.63) is 12.3 Å². The monoisotopic (exact) mass is 224 g/mol. The van der Waals surface area contributed by atoms with Gasteiger partial charge in [-0.25, -0.2) is 0 Å². The maximum atomic E-state index is 5.80. The summed E-state index contributed by atoms with van der Waals surface area (Å²) in [6.45, 7) is 4.51. The van der Waals surface area contributed by atoms with Crippen molar-refractivity contribution >= 4 is 0 Å². The van der Waals surface area contributed by atoms with Gasteiger partial charge in [-0.15, -0.1) is 6.42 Å². The number of fused-ring (bicyclic) bond motifs is 1. The Hall–Kier alpha value is -1.02. The highest BCUT2D eigenvalue weighted by molar-refractivity contribution is 5.01. The van der Waals surface area contributed by atoms with Crippen molar-refractivity contribution in [3.8, 4) is 12.3 Å². The predicted octanol–water partition coefficient (Wildman–Crippen LogP) is 1.07. The minimum atomic E-state index is -0.604. The third-order valence-electron chi connectivity index (χ3n) is 2.59. The van der Waals surface area contributed by atoms with Crippen LogP contribution in [0.3, 0.4) is 0 Å². The number of ether oxygens (including phenoxy) is 4. The lowest BCUT2D eigenvalue weighted by Crippen LogP contribution is -2.55. The first-order valence-electron chi connectivity index (χ1n) is 5.31. The second-order valence-electron chi connectivity index (χ2n) is 4.28. The SMILES string of the molecule is C#CCO[C@@H]1C=CO[C@@H]2COC(C)(C)O[C@@H]12. The summed E-state index contributed by atoms with van der Waals surface area (Å²) in [6.07, 6.45) is 8.15. The van der Waals surface area contributed by atoms with Gasteiger partial charge in [-0.3, -0.25) is 0 Å². The Morgan fingerprint density at radius 2 is 2.38 bits per heavy atom. The van der Waals surface area contributed by atoms with Crippen LogP contribution in [0.4, 0.5) is 0 Å². The van der Waals surface area contributed by atoms with Crippen molar-refractivity contribution in [2.75, 3.05) is 13.2 Å². The Balaban J connectivity index is 2.05. The van der Waals surface area contributed by atoms with Crippen molar-refractivity contribution < 1.29 is 18.9 Å². The molecule has 1 fully saturated rings. The molecule has 0 saturated carbocycles. The third-order valence-corrected chi connectivity index (χ3v) is 2.59. The summed E-state index contributed by atoms with van der Waals surface area (Å²) in [6, 6.07) is 0. The van der Waals surface area contributed by atoms with E-state index in [1.165, 1.54) is 0 Å². The summed E-state index contributed by atoms with van der Waals surface area (Å²) in [5, 5.41) is 0. The molecule has 88 valence electrons. The first kappa shape index (κ1) is 11.5. The smallest absolute Gasteiger partial charge is 0.163 e. The molecule has 2 aliphatic rings. The Morgan fingerprint density at radius 3 is 3.12 bits per heavy atom. The van der Waals surface area contributed by atoms with Gasteiger partial charge in [0.2, 0.25) is 0 Å². The molecule has 2 heterocycles. The van der Waals surface area contributed by atoms with Gasteiger partial charge in [0, 0.05) is 0 Å². The quantitative estimate of drug-likeness (QED) is 0.657. The zero-order valence-electron chi connectivity index (χ0n) is 9.51.